The Kier molecular flexibility index (Phi) is 5.16. The van der Waals surface area contributed by atoms with E-state index in [0.29, 0.717) is 29.4 Å². The highest BCUT2D eigenvalue weighted by molar-refractivity contribution is 9.10. The van der Waals surface area contributed by atoms with Gasteiger partial charge < -0.3 is 10.6 Å². The van der Waals surface area contributed by atoms with E-state index in [-0.39, 0.29) is 23.8 Å². The molecule has 0 bridgehead atoms. The number of piperidine rings is 1. The van der Waals surface area contributed by atoms with Crippen LogP contribution in [-0.4, -0.2) is 29.4 Å². The van der Waals surface area contributed by atoms with Crippen molar-refractivity contribution in [1.82, 2.24) is 4.90 Å². The molecule has 0 unspecified atom stereocenters. The van der Waals surface area contributed by atoms with Crippen molar-refractivity contribution in [2.45, 2.75) is 44.7 Å². The van der Waals surface area contributed by atoms with Gasteiger partial charge in [-0.05, 0) is 43.9 Å². The van der Waals surface area contributed by atoms with Gasteiger partial charge in [-0.3, -0.25) is 4.79 Å². The van der Waals surface area contributed by atoms with Crippen LogP contribution in [0.15, 0.2) is 22.7 Å². The van der Waals surface area contributed by atoms with E-state index in [1.54, 1.807) is 12.1 Å². The molecule has 0 aromatic heterocycles. The molecule has 0 radical (unpaired) electrons. The van der Waals surface area contributed by atoms with E-state index in [2.05, 4.69) is 15.9 Å². The van der Waals surface area contributed by atoms with Crippen LogP contribution in [0.3, 0.4) is 0 Å². The summed E-state index contributed by atoms with van der Waals surface area (Å²) < 4.78 is 14.4. The lowest BCUT2D eigenvalue weighted by molar-refractivity contribution is -0.134. The number of amides is 1. The molecule has 2 rings (SSSR count). The quantitative estimate of drug-likeness (QED) is 0.917. The lowest BCUT2D eigenvalue weighted by Gasteiger charge is -2.36. The lowest BCUT2D eigenvalue weighted by atomic mass is 9.98. The third kappa shape index (κ3) is 3.79. The van der Waals surface area contributed by atoms with Gasteiger partial charge in [0, 0.05) is 29.5 Å². The van der Waals surface area contributed by atoms with Crippen molar-refractivity contribution >= 4 is 21.8 Å². The average molecular weight is 343 g/mol. The monoisotopic (exact) mass is 342 g/mol. The molecule has 1 aliphatic rings. The van der Waals surface area contributed by atoms with Crippen LogP contribution in [0.2, 0.25) is 0 Å². The van der Waals surface area contributed by atoms with E-state index in [1.807, 2.05) is 11.8 Å². The van der Waals surface area contributed by atoms with Crippen LogP contribution in [0, 0.1) is 5.82 Å². The largest absolute Gasteiger partial charge is 0.340 e. The molecule has 2 N–H and O–H groups in total. The number of hydrogen-bond acceptors (Lipinski definition) is 2. The number of benzene rings is 1. The van der Waals surface area contributed by atoms with E-state index >= 15 is 0 Å². The lowest BCUT2D eigenvalue weighted by Crippen LogP contribution is -2.48. The molecule has 0 spiro atoms. The minimum Gasteiger partial charge on any atom is -0.340 e. The number of nitrogens with zero attached hydrogens (tertiary/aromatic N) is 1. The van der Waals surface area contributed by atoms with Crippen LogP contribution in [0.1, 0.15) is 31.7 Å². The Labute approximate surface area is 127 Å². The first-order valence-electron chi connectivity index (χ1n) is 6.96. The Morgan fingerprint density at radius 1 is 1.55 bits per heavy atom. The van der Waals surface area contributed by atoms with E-state index in [9.17, 15) is 9.18 Å². The predicted octanol–water partition coefficient (Wildman–Crippen LogP) is 2.86. The average Bonchev–Trinajstić information content (AvgIpc) is 2.37. The van der Waals surface area contributed by atoms with Crippen molar-refractivity contribution in [3.63, 3.8) is 0 Å². The molecule has 2 atom stereocenters. The molecule has 1 fully saturated rings. The molecular formula is C15H20BrFN2O. The maximum Gasteiger partial charge on any atom is 0.223 e. The topological polar surface area (TPSA) is 46.3 Å². The zero-order chi connectivity index (χ0) is 14.7. The van der Waals surface area contributed by atoms with E-state index < -0.39 is 0 Å². The minimum absolute atomic E-state index is 0.0896. The van der Waals surface area contributed by atoms with Crippen molar-refractivity contribution < 1.29 is 9.18 Å². The fourth-order valence-corrected chi connectivity index (χ4v) is 3.02. The number of aryl methyl sites for hydroxylation is 1. The van der Waals surface area contributed by atoms with Gasteiger partial charge in [-0.15, -0.1) is 0 Å². The summed E-state index contributed by atoms with van der Waals surface area (Å²) in [6.45, 7) is 2.74. The summed E-state index contributed by atoms with van der Waals surface area (Å²) in [4.78, 5) is 14.1. The van der Waals surface area contributed by atoms with E-state index in [1.165, 1.54) is 6.07 Å². The second kappa shape index (κ2) is 6.68. The predicted molar refractivity (Wildman–Crippen MR) is 80.8 cm³/mol. The summed E-state index contributed by atoms with van der Waals surface area (Å²) in [6, 6.07) is 5.33. The number of halogens is 2. The summed E-state index contributed by atoms with van der Waals surface area (Å²) >= 11 is 3.23. The molecule has 1 aliphatic heterocycles. The van der Waals surface area contributed by atoms with Gasteiger partial charge in [-0.25, -0.2) is 4.39 Å². The highest BCUT2D eigenvalue weighted by Gasteiger charge is 2.26. The van der Waals surface area contributed by atoms with Gasteiger partial charge in [0.15, 0.2) is 0 Å². The van der Waals surface area contributed by atoms with Crippen LogP contribution in [0.4, 0.5) is 4.39 Å². The molecule has 20 heavy (non-hydrogen) atoms. The molecule has 0 saturated carbocycles. The smallest absolute Gasteiger partial charge is 0.223 e. The van der Waals surface area contributed by atoms with E-state index in [0.717, 1.165) is 12.8 Å². The van der Waals surface area contributed by atoms with Gasteiger partial charge in [-0.1, -0.05) is 22.0 Å². The minimum atomic E-state index is -0.263. The fourth-order valence-electron chi connectivity index (χ4n) is 2.69. The molecule has 1 aromatic carbocycles. The summed E-state index contributed by atoms with van der Waals surface area (Å²) in [5.41, 5.74) is 6.48. The van der Waals surface area contributed by atoms with Gasteiger partial charge in [0.2, 0.25) is 5.91 Å². The molecule has 0 aliphatic carbocycles. The third-order valence-electron chi connectivity index (χ3n) is 3.86. The standard InChI is InChI=1S/C15H20BrFN2O/c1-10-8-13(18)6-7-19(10)15(20)5-3-11-2-4-12(16)9-14(11)17/h2,4,9-10,13H,3,5-8,18H2,1H3/t10-,13-/m1/s1. The van der Waals surface area contributed by atoms with Crippen LogP contribution in [0.5, 0.6) is 0 Å². The van der Waals surface area contributed by atoms with Gasteiger partial charge in [-0.2, -0.15) is 0 Å². The highest BCUT2D eigenvalue weighted by atomic mass is 79.9. The first-order chi connectivity index (χ1) is 9.47. The molecule has 5 heteroatoms. The number of likely N-dealkylation sites (tertiary alicyclic amines) is 1. The van der Waals surface area contributed by atoms with Crippen LogP contribution in [-0.2, 0) is 11.2 Å². The van der Waals surface area contributed by atoms with Crippen molar-refractivity contribution in [2.75, 3.05) is 6.54 Å². The second-order valence-corrected chi connectivity index (χ2v) is 6.37. The van der Waals surface area contributed by atoms with Gasteiger partial charge in [0.05, 0.1) is 0 Å². The molecule has 1 amide bonds. The third-order valence-corrected chi connectivity index (χ3v) is 4.35. The SMILES string of the molecule is C[C@@H]1C[C@H](N)CCN1C(=O)CCc1ccc(Br)cc1F. The first-order valence-corrected chi connectivity index (χ1v) is 7.75. The first kappa shape index (κ1) is 15.4. The molecule has 1 heterocycles. The van der Waals surface area contributed by atoms with Crippen molar-refractivity contribution in [2.24, 2.45) is 5.73 Å². The Bertz CT molecular complexity index is 495. The summed E-state index contributed by atoms with van der Waals surface area (Å²) in [5, 5.41) is 0. The molecule has 1 aromatic rings. The number of carbonyl (C=O) groups is 1. The molecule has 1 saturated heterocycles. The van der Waals surface area contributed by atoms with Crippen molar-refractivity contribution in [1.29, 1.82) is 0 Å². The zero-order valence-corrected chi connectivity index (χ0v) is 13.2. The Balaban J connectivity index is 1.92. The number of rotatable bonds is 3. The van der Waals surface area contributed by atoms with Crippen molar-refractivity contribution in [3.8, 4) is 0 Å². The van der Waals surface area contributed by atoms with Gasteiger partial charge in [0.25, 0.3) is 0 Å². The maximum atomic E-state index is 13.7. The van der Waals surface area contributed by atoms with Crippen LogP contribution < -0.4 is 5.73 Å². The summed E-state index contributed by atoms with van der Waals surface area (Å²) in [5.74, 6) is -0.174. The zero-order valence-electron chi connectivity index (χ0n) is 11.6. The molecule has 3 nitrogen and oxygen atoms in total. The Morgan fingerprint density at radius 3 is 2.95 bits per heavy atom. The number of carbonyl (C=O) groups excluding carboxylic acids is 1. The summed E-state index contributed by atoms with van der Waals surface area (Å²) in [6.07, 6.45) is 2.48. The maximum absolute atomic E-state index is 13.7. The van der Waals surface area contributed by atoms with Crippen LogP contribution in [0.25, 0.3) is 0 Å². The van der Waals surface area contributed by atoms with Gasteiger partial charge >= 0.3 is 0 Å². The van der Waals surface area contributed by atoms with Gasteiger partial charge in [0.1, 0.15) is 5.82 Å². The normalized spacial score (nSPS) is 22.9. The number of nitrogens with two attached hydrogens (primary N) is 1. The summed E-state index contributed by atoms with van der Waals surface area (Å²) in [7, 11) is 0. The van der Waals surface area contributed by atoms with E-state index in [4.69, 9.17) is 5.73 Å². The number of hydrogen-bond donors (Lipinski definition) is 1. The fraction of sp³-hybridized carbons (Fsp3) is 0.533. The Hall–Kier alpha value is -0.940. The molecular weight excluding hydrogens is 323 g/mol. The van der Waals surface area contributed by atoms with Crippen LogP contribution >= 0.6 is 15.9 Å². The van der Waals surface area contributed by atoms with Crippen molar-refractivity contribution in [3.05, 3.63) is 34.1 Å². The molecule has 110 valence electrons. The Morgan fingerprint density at radius 2 is 2.30 bits per heavy atom. The highest BCUT2D eigenvalue weighted by Crippen LogP contribution is 2.19. The second-order valence-electron chi connectivity index (χ2n) is 5.46.